The Hall–Kier alpha value is -2.54. The van der Waals surface area contributed by atoms with Crippen molar-refractivity contribution < 1.29 is 17.9 Å². The Morgan fingerprint density at radius 3 is 2.48 bits per heavy atom. The highest BCUT2D eigenvalue weighted by atomic mass is 32.2. The molecule has 3 rings (SSSR count). The highest BCUT2D eigenvalue weighted by molar-refractivity contribution is 7.92. The number of rotatable bonds is 4. The van der Waals surface area contributed by atoms with Crippen LogP contribution in [0, 0.1) is 0 Å². The summed E-state index contributed by atoms with van der Waals surface area (Å²) in [5.41, 5.74) is 1.96. The number of methoxy groups -OCH3 is 1. The zero-order valence-corrected chi connectivity index (χ0v) is 14.9. The molecule has 0 saturated heterocycles. The molecule has 1 heterocycles. The quantitative estimate of drug-likeness (QED) is 0.908. The van der Waals surface area contributed by atoms with Gasteiger partial charge < -0.3 is 10.1 Å². The fraction of sp³-hybridized carbons (Fsp3) is 0.278. The van der Waals surface area contributed by atoms with Crippen LogP contribution in [0.2, 0.25) is 0 Å². The van der Waals surface area contributed by atoms with Gasteiger partial charge in [-0.1, -0.05) is 18.2 Å². The predicted octanol–water partition coefficient (Wildman–Crippen LogP) is 2.34. The average Bonchev–Trinajstić information content (AvgIpc) is 2.61. The predicted molar refractivity (Wildman–Crippen MR) is 96.5 cm³/mol. The molecule has 1 N–H and O–H groups in total. The lowest BCUT2D eigenvalue weighted by Gasteiger charge is -2.34. The van der Waals surface area contributed by atoms with Crippen molar-refractivity contribution >= 4 is 21.6 Å². The Bertz CT molecular complexity index is 878. The van der Waals surface area contributed by atoms with E-state index in [0.717, 1.165) is 5.56 Å². The highest BCUT2D eigenvalue weighted by Gasteiger charge is 2.30. The van der Waals surface area contributed by atoms with Gasteiger partial charge in [0.2, 0.25) is 10.0 Å². The minimum atomic E-state index is -3.34. The number of ether oxygens (including phenoxy) is 1. The van der Waals surface area contributed by atoms with Crippen LogP contribution in [0.15, 0.2) is 48.5 Å². The summed E-state index contributed by atoms with van der Waals surface area (Å²) >= 11 is 0. The fourth-order valence-electron chi connectivity index (χ4n) is 3.01. The molecule has 0 fully saturated rings. The van der Waals surface area contributed by atoms with Gasteiger partial charge in [-0.15, -0.1) is 0 Å². The number of benzene rings is 2. The first-order chi connectivity index (χ1) is 11.9. The van der Waals surface area contributed by atoms with Crippen molar-refractivity contribution in [2.24, 2.45) is 0 Å². The average molecular weight is 360 g/mol. The van der Waals surface area contributed by atoms with Crippen LogP contribution in [0.1, 0.15) is 28.4 Å². The second-order valence-electron chi connectivity index (χ2n) is 5.94. The van der Waals surface area contributed by atoms with Crippen LogP contribution in [0.25, 0.3) is 0 Å². The van der Waals surface area contributed by atoms with E-state index in [2.05, 4.69) is 5.32 Å². The van der Waals surface area contributed by atoms with Gasteiger partial charge in [-0.3, -0.25) is 9.10 Å². The molecule has 0 spiro atoms. The van der Waals surface area contributed by atoms with Gasteiger partial charge in [0, 0.05) is 12.1 Å². The third-order valence-corrected chi connectivity index (χ3v) is 5.44. The van der Waals surface area contributed by atoms with E-state index in [1.807, 2.05) is 12.1 Å². The summed E-state index contributed by atoms with van der Waals surface area (Å²) in [5, 5.41) is 3.00. The lowest BCUT2D eigenvalue weighted by Crippen LogP contribution is -2.40. The van der Waals surface area contributed by atoms with Crippen LogP contribution in [0.3, 0.4) is 0 Å². The van der Waals surface area contributed by atoms with Gasteiger partial charge in [-0.25, -0.2) is 8.42 Å². The molecule has 0 bridgehead atoms. The molecule has 1 amide bonds. The van der Waals surface area contributed by atoms with Crippen LogP contribution in [-0.2, 0) is 10.0 Å². The van der Waals surface area contributed by atoms with Gasteiger partial charge in [0.1, 0.15) is 5.75 Å². The normalized spacial score (nSPS) is 16.9. The van der Waals surface area contributed by atoms with Crippen molar-refractivity contribution in [3.8, 4) is 5.75 Å². The van der Waals surface area contributed by atoms with Gasteiger partial charge >= 0.3 is 0 Å². The van der Waals surface area contributed by atoms with Crippen LogP contribution in [0.5, 0.6) is 5.75 Å². The molecule has 0 aromatic heterocycles. The number of para-hydroxylation sites is 1. The molecule has 7 heteroatoms. The summed E-state index contributed by atoms with van der Waals surface area (Å²) in [6.07, 6.45) is 1.71. The number of hydrogen-bond donors (Lipinski definition) is 1. The van der Waals surface area contributed by atoms with Crippen LogP contribution >= 0.6 is 0 Å². The highest BCUT2D eigenvalue weighted by Crippen LogP contribution is 2.35. The summed E-state index contributed by atoms with van der Waals surface area (Å²) in [6, 6.07) is 13.9. The molecular weight excluding hydrogens is 340 g/mol. The molecule has 6 nitrogen and oxygen atoms in total. The minimum absolute atomic E-state index is 0.199. The number of hydrogen-bond acceptors (Lipinski definition) is 4. The zero-order valence-electron chi connectivity index (χ0n) is 14.1. The second-order valence-corrected chi connectivity index (χ2v) is 7.84. The monoisotopic (exact) mass is 360 g/mol. The maximum atomic E-state index is 12.5. The molecule has 132 valence electrons. The Labute approximate surface area is 147 Å². The summed E-state index contributed by atoms with van der Waals surface area (Å²) in [5.74, 6) is 0.485. The maximum absolute atomic E-state index is 12.5. The van der Waals surface area contributed by atoms with E-state index in [9.17, 15) is 13.2 Å². The zero-order chi connectivity index (χ0) is 18.0. The van der Waals surface area contributed by atoms with Crippen molar-refractivity contribution in [2.45, 2.75) is 12.5 Å². The van der Waals surface area contributed by atoms with E-state index in [4.69, 9.17) is 4.74 Å². The molecule has 1 aliphatic heterocycles. The molecule has 0 saturated carbocycles. The molecule has 1 unspecified atom stereocenters. The molecule has 1 atom stereocenters. The lowest BCUT2D eigenvalue weighted by atomic mass is 9.97. The van der Waals surface area contributed by atoms with Crippen molar-refractivity contribution in [3.05, 3.63) is 59.7 Å². The maximum Gasteiger partial charge on any atom is 0.251 e. The summed E-state index contributed by atoms with van der Waals surface area (Å²) in [7, 11) is -1.77. The first kappa shape index (κ1) is 17.3. The third kappa shape index (κ3) is 3.61. The fourth-order valence-corrected chi connectivity index (χ4v) is 3.97. The van der Waals surface area contributed by atoms with Gasteiger partial charge in [0.25, 0.3) is 5.91 Å². The number of nitrogens with zero attached hydrogens (tertiary/aromatic N) is 1. The SMILES string of the molecule is COc1ccc(C(=O)NC2CCN(S(C)(=O)=O)c3ccccc32)cc1. The molecule has 2 aromatic carbocycles. The van der Waals surface area contributed by atoms with E-state index in [-0.39, 0.29) is 11.9 Å². The van der Waals surface area contributed by atoms with Crippen LogP contribution in [0.4, 0.5) is 5.69 Å². The summed E-state index contributed by atoms with van der Waals surface area (Å²) in [4.78, 5) is 12.5. The minimum Gasteiger partial charge on any atom is -0.497 e. The molecule has 0 radical (unpaired) electrons. The Balaban J connectivity index is 1.84. The van der Waals surface area contributed by atoms with Crippen LogP contribution < -0.4 is 14.4 Å². The number of carbonyl (C=O) groups is 1. The standard InChI is InChI=1S/C18H20N2O4S/c1-24-14-9-7-13(8-10-14)18(21)19-16-11-12-20(25(2,22)23)17-6-4-3-5-15(16)17/h3-10,16H,11-12H2,1-2H3,(H,19,21). The number of anilines is 1. The molecule has 2 aromatic rings. The number of carbonyl (C=O) groups excluding carboxylic acids is 1. The van der Waals surface area contributed by atoms with E-state index >= 15 is 0 Å². The van der Waals surface area contributed by atoms with Crippen molar-refractivity contribution in [1.82, 2.24) is 5.32 Å². The van der Waals surface area contributed by atoms with E-state index in [1.165, 1.54) is 10.6 Å². The Kier molecular flexibility index (Phi) is 4.67. The number of sulfonamides is 1. The molecule has 1 aliphatic rings. The summed E-state index contributed by atoms with van der Waals surface area (Å²) in [6.45, 7) is 0.337. The van der Waals surface area contributed by atoms with Gasteiger partial charge in [0.15, 0.2) is 0 Å². The van der Waals surface area contributed by atoms with Gasteiger partial charge in [0.05, 0.1) is 25.1 Å². The van der Waals surface area contributed by atoms with Crippen molar-refractivity contribution in [2.75, 3.05) is 24.2 Å². The number of amides is 1. The third-order valence-electron chi connectivity index (χ3n) is 4.26. The molecule has 25 heavy (non-hydrogen) atoms. The van der Waals surface area contributed by atoms with Gasteiger partial charge in [-0.2, -0.15) is 0 Å². The lowest BCUT2D eigenvalue weighted by molar-refractivity contribution is 0.0934. The summed E-state index contributed by atoms with van der Waals surface area (Å²) < 4.78 is 30.5. The van der Waals surface area contributed by atoms with E-state index in [0.29, 0.717) is 30.0 Å². The topological polar surface area (TPSA) is 75.7 Å². The molecule has 0 aliphatic carbocycles. The number of nitrogens with one attached hydrogen (secondary N) is 1. The largest absolute Gasteiger partial charge is 0.497 e. The molecular formula is C18H20N2O4S. The van der Waals surface area contributed by atoms with E-state index in [1.54, 1.807) is 43.5 Å². The van der Waals surface area contributed by atoms with Gasteiger partial charge in [-0.05, 0) is 42.3 Å². The Morgan fingerprint density at radius 1 is 1.16 bits per heavy atom. The number of fused-ring (bicyclic) bond motifs is 1. The second kappa shape index (κ2) is 6.76. The van der Waals surface area contributed by atoms with Crippen molar-refractivity contribution in [3.63, 3.8) is 0 Å². The first-order valence-corrected chi connectivity index (χ1v) is 9.76. The van der Waals surface area contributed by atoms with Crippen LogP contribution in [-0.4, -0.2) is 34.2 Å². The first-order valence-electron chi connectivity index (χ1n) is 7.91. The van der Waals surface area contributed by atoms with E-state index < -0.39 is 10.0 Å². The van der Waals surface area contributed by atoms with Crippen molar-refractivity contribution in [1.29, 1.82) is 0 Å². The Morgan fingerprint density at radius 2 is 1.84 bits per heavy atom. The smallest absolute Gasteiger partial charge is 0.251 e.